The highest BCUT2D eigenvalue weighted by Gasteiger charge is 2.21. The van der Waals surface area contributed by atoms with Crippen LogP contribution in [0.2, 0.25) is 0 Å². The standard InChI is InChI=1S/C20H20O6/c1-2-3-6-15-18(23-25-19(21)16-11-7-4-8-12-16)24-26-20(22)17-13-9-5-10-14-17/h4-5,7-14H,1-3,6,15H2. The van der Waals surface area contributed by atoms with Crippen molar-refractivity contribution in [2.24, 2.45) is 0 Å². The largest absolute Gasteiger partial charge is 0.373 e. The SMILES string of the molecule is [CH2]CCCC[C](OOC(=O)c1ccccc1)OOC(=O)c1ccccc1. The van der Waals surface area contributed by atoms with Gasteiger partial charge in [0.25, 0.3) is 0 Å². The Morgan fingerprint density at radius 2 is 1.15 bits per heavy atom. The van der Waals surface area contributed by atoms with Gasteiger partial charge >= 0.3 is 18.2 Å². The van der Waals surface area contributed by atoms with Gasteiger partial charge in [-0.2, -0.15) is 0 Å². The zero-order valence-electron chi connectivity index (χ0n) is 14.3. The summed E-state index contributed by atoms with van der Waals surface area (Å²) in [5, 5.41) is 0. The van der Waals surface area contributed by atoms with E-state index < -0.39 is 11.9 Å². The lowest BCUT2D eigenvalue weighted by Gasteiger charge is -2.13. The Hall–Kier alpha value is -2.70. The summed E-state index contributed by atoms with van der Waals surface area (Å²) in [4.78, 5) is 43.2. The van der Waals surface area contributed by atoms with E-state index in [9.17, 15) is 9.59 Å². The molecule has 26 heavy (non-hydrogen) atoms. The van der Waals surface area contributed by atoms with E-state index in [-0.39, 0.29) is 6.29 Å². The molecule has 0 amide bonds. The van der Waals surface area contributed by atoms with Gasteiger partial charge in [0.15, 0.2) is 0 Å². The Morgan fingerprint density at radius 1 is 0.692 bits per heavy atom. The molecule has 0 saturated heterocycles. The Balaban J connectivity index is 1.86. The number of hydrogen-bond acceptors (Lipinski definition) is 6. The average Bonchev–Trinajstić information content (AvgIpc) is 2.70. The summed E-state index contributed by atoms with van der Waals surface area (Å²) >= 11 is 0. The summed E-state index contributed by atoms with van der Waals surface area (Å²) < 4.78 is 0. The van der Waals surface area contributed by atoms with Crippen LogP contribution >= 0.6 is 0 Å². The van der Waals surface area contributed by atoms with Crippen molar-refractivity contribution < 1.29 is 29.1 Å². The number of rotatable bonds is 10. The van der Waals surface area contributed by atoms with Crippen molar-refractivity contribution >= 4 is 11.9 Å². The first-order chi connectivity index (χ1) is 12.7. The van der Waals surface area contributed by atoms with Gasteiger partial charge in [0.05, 0.1) is 11.1 Å². The van der Waals surface area contributed by atoms with Crippen molar-refractivity contribution in [1.82, 2.24) is 0 Å². The maximum atomic E-state index is 11.9. The summed E-state index contributed by atoms with van der Waals surface area (Å²) in [5.74, 6) is -1.36. The molecule has 6 nitrogen and oxygen atoms in total. The third kappa shape index (κ3) is 6.66. The van der Waals surface area contributed by atoms with E-state index >= 15 is 0 Å². The fourth-order valence-electron chi connectivity index (χ4n) is 1.96. The van der Waals surface area contributed by atoms with Gasteiger partial charge in [-0.15, -0.1) is 9.78 Å². The molecule has 2 aromatic carbocycles. The number of unbranched alkanes of at least 4 members (excludes halogenated alkanes) is 2. The molecule has 0 atom stereocenters. The molecule has 0 bridgehead atoms. The van der Waals surface area contributed by atoms with Gasteiger partial charge in [0.1, 0.15) is 0 Å². The fourth-order valence-corrected chi connectivity index (χ4v) is 1.96. The first kappa shape index (κ1) is 19.6. The predicted molar refractivity (Wildman–Crippen MR) is 93.0 cm³/mol. The number of carbonyl (C=O) groups excluding carboxylic acids is 2. The van der Waals surface area contributed by atoms with Crippen LogP contribution in [-0.2, 0) is 19.6 Å². The molecular weight excluding hydrogens is 336 g/mol. The van der Waals surface area contributed by atoms with Crippen LogP contribution in [0.1, 0.15) is 46.4 Å². The monoisotopic (exact) mass is 356 g/mol. The van der Waals surface area contributed by atoms with Gasteiger partial charge < -0.3 is 0 Å². The lowest BCUT2D eigenvalue weighted by atomic mass is 10.2. The van der Waals surface area contributed by atoms with Crippen molar-refractivity contribution in [3.8, 4) is 0 Å². The minimum Gasteiger partial charge on any atom is -0.289 e. The Morgan fingerprint density at radius 3 is 1.58 bits per heavy atom. The second kappa shape index (κ2) is 11.0. The highest BCUT2D eigenvalue weighted by Crippen LogP contribution is 2.18. The van der Waals surface area contributed by atoms with Gasteiger partial charge in [-0.1, -0.05) is 56.2 Å². The molecule has 0 aliphatic rings. The van der Waals surface area contributed by atoms with Crippen LogP contribution < -0.4 is 0 Å². The normalized spacial score (nSPS) is 10.5. The summed E-state index contributed by atoms with van der Waals surface area (Å²) in [7, 11) is 0. The fraction of sp³-hybridized carbons (Fsp3) is 0.200. The van der Waals surface area contributed by atoms with E-state index in [0.29, 0.717) is 24.0 Å². The van der Waals surface area contributed by atoms with Crippen molar-refractivity contribution in [1.29, 1.82) is 0 Å². The molecule has 0 spiro atoms. The van der Waals surface area contributed by atoms with Crippen LogP contribution in [0.5, 0.6) is 0 Å². The average molecular weight is 356 g/mol. The number of carbonyl (C=O) groups is 2. The number of benzene rings is 2. The van der Waals surface area contributed by atoms with E-state index in [1.165, 1.54) is 0 Å². The minimum absolute atomic E-state index is 0.119. The van der Waals surface area contributed by atoms with Crippen molar-refractivity contribution in [2.75, 3.05) is 0 Å². The van der Waals surface area contributed by atoms with E-state index in [4.69, 9.17) is 19.6 Å². The molecule has 0 aromatic heterocycles. The van der Waals surface area contributed by atoms with Gasteiger partial charge in [-0.05, 0) is 30.7 Å². The summed E-state index contributed by atoms with van der Waals surface area (Å²) in [6.07, 6.45) is 2.40. The second-order valence-corrected chi connectivity index (χ2v) is 5.32. The molecule has 0 saturated carbocycles. The first-order valence-corrected chi connectivity index (χ1v) is 8.23. The molecule has 0 fully saturated rings. The van der Waals surface area contributed by atoms with Crippen molar-refractivity contribution in [3.05, 3.63) is 85.0 Å². The van der Waals surface area contributed by atoms with Gasteiger partial charge in [0.2, 0.25) is 0 Å². The molecule has 2 aromatic rings. The third-order valence-corrected chi connectivity index (χ3v) is 3.32. The maximum Gasteiger partial charge on any atom is 0.373 e. The van der Waals surface area contributed by atoms with E-state index in [1.807, 2.05) is 0 Å². The molecule has 0 aliphatic carbocycles. The summed E-state index contributed by atoms with van der Waals surface area (Å²) in [5.41, 5.74) is 0.650. The van der Waals surface area contributed by atoms with Crippen LogP contribution in [0, 0.1) is 13.2 Å². The van der Waals surface area contributed by atoms with Crippen LogP contribution in [0.4, 0.5) is 0 Å². The smallest absolute Gasteiger partial charge is 0.289 e. The molecule has 2 rings (SSSR count). The summed E-state index contributed by atoms with van der Waals surface area (Å²) in [6.45, 7) is 3.75. The first-order valence-electron chi connectivity index (χ1n) is 8.23. The Labute approximate surface area is 152 Å². The second-order valence-electron chi connectivity index (χ2n) is 5.32. The Kier molecular flexibility index (Phi) is 8.32. The van der Waals surface area contributed by atoms with Crippen LogP contribution in [0.25, 0.3) is 0 Å². The van der Waals surface area contributed by atoms with Crippen molar-refractivity contribution in [2.45, 2.75) is 25.7 Å². The third-order valence-electron chi connectivity index (χ3n) is 3.32. The minimum atomic E-state index is -0.682. The van der Waals surface area contributed by atoms with E-state index in [2.05, 4.69) is 6.92 Å². The quantitative estimate of drug-likeness (QED) is 0.356. The Bertz CT molecular complexity index is 616. The molecule has 0 N–H and O–H groups in total. The topological polar surface area (TPSA) is 71.1 Å². The van der Waals surface area contributed by atoms with E-state index in [1.54, 1.807) is 60.7 Å². The zero-order chi connectivity index (χ0) is 18.6. The molecule has 136 valence electrons. The molecule has 0 aliphatic heterocycles. The maximum absolute atomic E-state index is 11.9. The molecule has 0 heterocycles. The molecule has 2 radical (unpaired) electrons. The lowest BCUT2D eigenvalue weighted by Crippen LogP contribution is -2.16. The zero-order valence-corrected chi connectivity index (χ0v) is 14.3. The highest BCUT2D eigenvalue weighted by molar-refractivity contribution is 5.89. The molecular formula is C20H20O6. The summed E-state index contributed by atoms with van der Waals surface area (Å²) in [6, 6.07) is 16.7. The molecule has 6 heteroatoms. The van der Waals surface area contributed by atoms with E-state index in [0.717, 1.165) is 12.8 Å². The highest BCUT2D eigenvalue weighted by atomic mass is 17.3. The van der Waals surface area contributed by atoms with Gasteiger partial charge in [-0.25, -0.2) is 9.59 Å². The van der Waals surface area contributed by atoms with Crippen LogP contribution in [-0.4, -0.2) is 11.9 Å². The number of hydrogen-bond donors (Lipinski definition) is 0. The van der Waals surface area contributed by atoms with Crippen LogP contribution in [0.3, 0.4) is 0 Å². The molecule has 0 unspecified atom stereocenters. The van der Waals surface area contributed by atoms with Crippen LogP contribution in [0.15, 0.2) is 60.7 Å². The van der Waals surface area contributed by atoms with Gasteiger partial charge in [-0.3, -0.25) is 9.78 Å². The van der Waals surface area contributed by atoms with Gasteiger partial charge in [0, 0.05) is 6.42 Å². The predicted octanol–water partition coefficient (Wildman–Crippen LogP) is 4.45. The van der Waals surface area contributed by atoms with Crippen molar-refractivity contribution in [3.63, 3.8) is 0 Å². The lowest BCUT2D eigenvalue weighted by molar-refractivity contribution is -0.363.